The Hall–Kier alpha value is -2.93. The van der Waals surface area contributed by atoms with Crippen molar-refractivity contribution in [2.75, 3.05) is 6.61 Å². The summed E-state index contributed by atoms with van der Waals surface area (Å²) in [4.78, 5) is 24.1. The second-order valence-electron chi connectivity index (χ2n) is 7.34. The van der Waals surface area contributed by atoms with E-state index in [1.54, 1.807) is 18.2 Å². The molecule has 0 aliphatic rings. The van der Waals surface area contributed by atoms with Crippen LogP contribution < -0.4 is 20.9 Å². The van der Waals surface area contributed by atoms with Gasteiger partial charge in [0.2, 0.25) is 0 Å². The van der Waals surface area contributed by atoms with Gasteiger partial charge in [0.25, 0.3) is 11.8 Å². The fraction of sp³-hybridized carbons (Fsp3) is 0.286. The third kappa shape index (κ3) is 6.35. The molecule has 6 nitrogen and oxygen atoms in total. The van der Waals surface area contributed by atoms with Gasteiger partial charge in [0.1, 0.15) is 5.75 Å². The fourth-order valence-electron chi connectivity index (χ4n) is 2.35. The Balaban J connectivity index is 1.77. The van der Waals surface area contributed by atoms with Gasteiger partial charge >= 0.3 is 0 Å². The summed E-state index contributed by atoms with van der Waals surface area (Å²) in [5, 5.41) is 2.51. The summed E-state index contributed by atoms with van der Waals surface area (Å²) in [5.41, 5.74) is 7.43. The number of nitrogens with one attached hydrogen (secondary N) is 3. The van der Waals surface area contributed by atoms with Gasteiger partial charge in [-0.3, -0.25) is 25.8 Å². The fourth-order valence-corrected chi connectivity index (χ4v) is 2.50. The van der Waals surface area contributed by atoms with Gasteiger partial charge in [-0.05, 0) is 53.9 Å². The lowest BCUT2D eigenvalue weighted by atomic mass is 9.87. The second-order valence-corrected chi connectivity index (χ2v) is 7.75. The van der Waals surface area contributed by atoms with Gasteiger partial charge in [-0.15, -0.1) is 0 Å². The lowest BCUT2D eigenvalue weighted by Crippen LogP contribution is -2.49. The molecule has 2 aromatic carbocycles. The number of carbonyl (C=O) groups is 2. The number of benzene rings is 2. The van der Waals surface area contributed by atoms with Crippen LogP contribution in [0.3, 0.4) is 0 Å². The Bertz CT molecular complexity index is 858. The zero-order chi connectivity index (χ0) is 20.7. The maximum absolute atomic E-state index is 12.2. The number of hydrazine groups is 1. The highest BCUT2D eigenvalue weighted by Crippen LogP contribution is 2.22. The molecule has 0 aliphatic carbocycles. The average Bonchev–Trinajstić information content (AvgIpc) is 2.65. The van der Waals surface area contributed by atoms with Crippen LogP contribution in [0.1, 0.15) is 42.3 Å². The van der Waals surface area contributed by atoms with Crippen molar-refractivity contribution in [3.8, 4) is 5.75 Å². The Morgan fingerprint density at radius 2 is 1.64 bits per heavy atom. The first-order valence-electron chi connectivity index (χ1n) is 8.86. The number of thiocarbonyl (C=S) groups is 1. The molecule has 2 rings (SSSR count). The molecule has 2 amide bonds. The first kappa shape index (κ1) is 21.4. The van der Waals surface area contributed by atoms with Crippen LogP contribution in [0.4, 0.5) is 0 Å². The zero-order valence-corrected chi connectivity index (χ0v) is 17.3. The Labute approximate surface area is 170 Å². The Kier molecular flexibility index (Phi) is 7.12. The number of hydrogen-bond donors (Lipinski definition) is 3. The lowest BCUT2D eigenvalue weighted by molar-refractivity contribution is -0.123. The van der Waals surface area contributed by atoms with E-state index in [-0.39, 0.29) is 23.0 Å². The van der Waals surface area contributed by atoms with E-state index >= 15 is 0 Å². The molecule has 0 bridgehead atoms. The molecule has 2 aromatic rings. The molecular weight excluding hydrogens is 374 g/mol. The number of carbonyl (C=O) groups excluding carboxylic acids is 2. The molecule has 0 aromatic heterocycles. The zero-order valence-electron chi connectivity index (χ0n) is 16.5. The van der Waals surface area contributed by atoms with E-state index in [9.17, 15) is 9.59 Å². The summed E-state index contributed by atoms with van der Waals surface area (Å²) in [6.45, 7) is 8.03. The van der Waals surface area contributed by atoms with Crippen LogP contribution in [-0.4, -0.2) is 23.5 Å². The summed E-state index contributed by atoms with van der Waals surface area (Å²) in [6, 6.07) is 14.7. The number of hydrogen-bond acceptors (Lipinski definition) is 4. The van der Waals surface area contributed by atoms with E-state index in [2.05, 4.69) is 36.9 Å². The predicted molar refractivity (Wildman–Crippen MR) is 113 cm³/mol. The van der Waals surface area contributed by atoms with Gasteiger partial charge < -0.3 is 4.74 Å². The normalized spacial score (nSPS) is 10.7. The van der Waals surface area contributed by atoms with E-state index < -0.39 is 5.91 Å². The Morgan fingerprint density at radius 1 is 1.00 bits per heavy atom. The summed E-state index contributed by atoms with van der Waals surface area (Å²) >= 11 is 5.03. The van der Waals surface area contributed by atoms with Gasteiger partial charge in [-0.2, -0.15) is 0 Å². The molecule has 28 heavy (non-hydrogen) atoms. The summed E-state index contributed by atoms with van der Waals surface area (Å²) < 4.78 is 5.44. The number of aryl methyl sites for hydroxylation is 1. The maximum Gasteiger partial charge on any atom is 0.276 e. The first-order valence-corrected chi connectivity index (χ1v) is 9.27. The van der Waals surface area contributed by atoms with E-state index in [0.29, 0.717) is 11.3 Å². The maximum atomic E-state index is 12.2. The molecule has 0 unspecified atom stereocenters. The topological polar surface area (TPSA) is 79.5 Å². The van der Waals surface area contributed by atoms with Gasteiger partial charge in [0.15, 0.2) is 11.7 Å². The van der Waals surface area contributed by atoms with Crippen LogP contribution in [0.25, 0.3) is 0 Å². The van der Waals surface area contributed by atoms with Crippen LogP contribution in [0.2, 0.25) is 0 Å². The molecule has 0 aliphatic heterocycles. The summed E-state index contributed by atoms with van der Waals surface area (Å²) in [6.07, 6.45) is 0. The molecule has 7 heteroatoms. The summed E-state index contributed by atoms with van der Waals surface area (Å²) in [5.74, 6) is -0.148. The molecule has 0 fully saturated rings. The van der Waals surface area contributed by atoms with Crippen LogP contribution in [-0.2, 0) is 10.2 Å². The predicted octanol–water partition coefficient (Wildman–Crippen LogP) is 3.01. The van der Waals surface area contributed by atoms with Crippen molar-refractivity contribution in [1.29, 1.82) is 0 Å². The lowest BCUT2D eigenvalue weighted by Gasteiger charge is -2.19. The van der Waals surface area contributed by atoms with Crippen molar-refractivity contribution >= 4 is 29.1 Å². The third-order valence-corrected chi connectivity index (χ3v) is 4.21. The van der Waals surface area contributed by atoms with Gasteiger partial charge in [-0.25, -0.2) is 0 Å². The van der Waals surface area contributed by atoms with Crippen LogP contribution in [0.5, 0.6) is 5.75 Å². The first-order chi connectivity index (χ1) is 13.2. The van der Waals surface area contributed by atoms with Crippen molar-refractivity contribution in [3.63, 3.8) is 0 Å². The SMILES string of the molecule is Cc1ccccc1OCC(=O)NNC(=S)NC(=O)c1ccc(C(C)(C)C)cc1. The highest BCUT2D eigenvalue weighted by molar-refractivity contribution is 7.80. The monoisotopic (exact) mass is 399 g/mol. The standard InChI is InChI=1S/C21H25N3O3S/c1-14-7-5-6-8-17(14)27-13-18(25)23-24-20(28)22-19(26)15-9-11-16(12-10-15)21(2,3)4/h5-12H,13H2,1-4H3,(H,23,25)(H2,22,24,26,28). The molecular formula is C21H25N3O3S. The number of rotatable bonds is 4. The van der Waals surface area contributed by atoms with Crippen molar-refractivity contribution in [2.24, 2.45) is 0 Å². The van der Waals surface area contributed by atoms with Crippen LogP contribution in [0, 0.1) is 6.92 Å². The minimum atomic E-state index is -0.422. The van der Waals surface area contributed by atoms with Crippen LogP contribution >= 0.6 is 12.2 Å². The molecule has 0 atom stereocenters. The van der Waals surface area contributed by atoms with Gasteiger partial charge in [0, 0.05) is 5.56 Å². The minimum Gasteiger partial charge on any atom is -0.483 e. The quantitative estimate of drug-likeness (QED) is 0.544. The van der Waals surface area contributed by atoms with E-state index in [1.807, 2.05) is 37.3 Å². The molecule has 148 valence electrons. The number of para-hydroxylation sites is 1. The molecule has 0 spiro atoms. The number of ether oxygens (including phenoxy) is 1. The van der Waals surface area contributed by atoms with Crippen molar-refractivity contribution in [1.82, 2.24) is 16.2 Å². The molecule has 0 heterocycles. The van der Waals surface area contributed by atoms with E-state index in [1.165, 1.54) is 0 Å². The van der Waals surface area contributed by atoms with Crippen molar-refractivity contribution in [2.45, 2.75) is 33.1 Å². The number of amides is 2. The molecule has 0 saturated heterocycles. The highest BCUT2D eigenvalue weighted by Gasteiger charge is 2.15. The van der Waals surface area contributed by atoms with E-state index in [4.69, 9.17) is 17.0 Å². The largest absolute Gasteiger partial charge is 0.483 e. The molecule has 0 radical (unpaired) electrons. The van der Waals surface area contributed by atoms with E-state index in [0.717, 1.165) is 11.1 Å². The highest BCUT2D eigenvalue weighted by atomic mass is 32.1. The molecule has 3 N–H and O–H groups in total. The smallest absolute Gasteiger partial charge is 0.276 e. The summed E-state index contributed by atoms with van der Waals surface area (Å²) in [7, 11) is 0. The molecule has 0 saturated carbocycles. The van der Waals surface area contributed by atoms with Gasteiger partial charge in [-0.1, -0.05) is 51.1 Å². The van der Waals surface area contributed by atoms with Crippen molar-refractivity contribution < 1.29 is 14.3 Å². The van der Waals surface area contributed by atoms with Crippen molar-refractivity contribution in [3.05, 3.63) is 65.2 Å². The minimum absolute atomic E-state index is 0.00543. The second kappa shape index (κ2) is 9.32. The average molecular weight is 400 g/mol. The van der Waals surface area contributed by atoms with Gasteiger partial charge in [0.05, 0.1) is 0 Å². The Morgan fingerprint density at radius 3 is 2.25 bits per heavy atom. The van der Waals surface area contributed by atoms with Crippen LogP contribution in [0.15, 0.2) is 48.5 Å². The third-order valence-electron chi connectivity index (χ3n) is 4.01.